The fraction of sp³-hybridized carbons (Fsp3) is 0.429. The van der Waals surface area contributed by atoms with Crippen molar-refractivity contribution in [2.24, 2.45) is 11.8 Å². The molecule has 0 saturated heterocycles. The summed E-state index contributed by atoms with van der Waals surface area (Å²) < 4.78 is 0. The zero-order valence-corrected chi connectivity index (χ0v) is 11.6. The summed E-state index contributed by atoms with van der Waals surface area (Å²) in [5.74, 6) is -0.989. The van der Waals surface area contributed by atoms with Gasteiger partial charge in [-0.1, -0.05) is 17.7 Å². The second kappa shape index (κ2) is 6.10. The van der Waals surface area contributed by atoms with Crippen LogP contribution in [0.25, 0.3) is 0 Å². The van der Waals surface area contributed by atoms with Crippen LogP contribution in [0.4, 0.5) is 0 Å². The number of carbonyl (C=O) groups excluding carboxylic acids is 1. The number of rotatable bonds is 6. The highest BCUT2D eigenvalue weighted by atomic mass is 32.2. The minimum Gasteiger partial charge on any atom is -0.481 e. The zero-order valence-electron chi connectivity index (χ0n) is 10.8. The lowest BCUT2D eigenvalue weighted by molar-refractivity contribution is -0.140. The normalized spacial score (nSPS) is 20.9. The van der Waals surface area contributed by atoms with Gasteiger partial charge in [0.05, 0.1) is 11.8 Å². The smallest absolute Gasteiger partial charge is 0.307 e. The Labute approximate surface area is 116 Å². The number of aryl methyl sites for hydroxylation is 1. The Kier molecular flexibility index (Phi) is 4.47. The SMILES string of the molecule is Cc1ccc(SCCNC(=O)C2CC2C(=O)O)cc1. The molecule has 4 nitrogen and oxygen atoms in total. The standard InChI is InChI=1S/C14H17NO3S/c1-9-2-4-10(5-3-9)19-7-6-15-13(16)11-8-12(11)14(17)18/h2-5,11-12H,6-8H2,1H3,(H,15,16)(H,17,18). The number of carboxylic acid groups (broad SMARTS) is 1. The van der Waals surface area contributed by atoms with E-state index in [0.29, 0.717) is 13.0 Å². The van der Waals surface area contributed by atoms with Gasteiger partial charge in [-0.05, 0) is 25.5 Å². The lowest BCUT2D eigenvalue weighted by atomic mass is 10.2. The third-order valence-corrected chi connectivity index (χ3v) is 4.15. The first kappa shape index (κ1) is 13.9. The van der Waals surface area contributed by atoms with Gasteiger partial charge in [0.1, 0.15) is 0 Å². The molecule has 2 unspecified atom stereocenters. The van der Waals surface area contributed by atoms with Crippen molar-refractivity contribution >= 4 is 23.6 Å². The van der Waals surface area contributed by atoms with Crippen LogP contribution >= 0.6 is 11.8 Å². The van der Waals surface area contributed by atoms with Gasteiger partial charge in [-0.15, -0.1) is 11.8 Å². The molecule has 0 aromatic heterocycles. The molecule has 19 heavy (non-hydrogen) atoms. The summed E-state index contributed by atoms with van der Waals surface area (Å²) in [6.45, 7) is 2.61. The Balaban J connectivity index is 1.63. The topological polar surface area (TPSA) is 66.4 Å². The Morgan fingerprint density at radius 3 is 2.58 bits per heavy atom. The van der Waals surface area contributed by atoms with Gasteiger partial charge in [-0.3, -0.25) is 9.59 Å². The number of nitrogens with one attached hydrogen (secondary N) is 1. The summed E-state index contributed by atoms with van der Waals surface area (Å²) in [6.07, 6.45) is 0.478. The summed E-state index contributed by atoms with van der Waals surface area (Å²) in [7, 11) is 0. The maximum absolute atomic E-state index is 11.6. The van der Waals surface area contributed by atoms with Crippen molar-refractivity contribution in [3.8, 4) is 0 Å². The van der Waals surface area contributed by atoms with E-state index in [9.17, 15) is 9.59 Å². The van der Waals surface area contributed by atoms with E-state index in [-0.39, 0.29) is 11.8 Å². The Bertz CT molecular complexity index is 472. The third kappa shape index (κ3) is 3.99. The molecule has 1 aliphatic rings. The minimum absolute atomic E-state index is 0.128. The number of aliphatic carboxylic acids is 1. The van der Waals surface area contributed by atoms with E-state index >= 15 is 0 Å². The van der Waals surface area contributed by atoms with Crippen LogP contribution in [0.5, 0.6) is 0 Å². The highest BCUT2D eigenvalue weighted by molar-refractivity contribution is 7.99. The van der Waals surface area contributed by atoms with Crippen molar-refractivity contribution in [1.29, 1.82) is 0 Å². The Hall–Kier alpha value is -1.49. The van der Waals surface area contributed by atoms with Gasteiger partial charge < -0.3 is 10.4 Å². The quantitative estimate of drug-likeness (QED) is 0.617. The molecule has 2 atom stereocenters. The number of hydrogen-bond acceptors (Lipinski definition) is 3. The van der Waals surface area contributed by atoms with Gasteiger partial charge in [0, 0.05) is 17.2 Å². The molecule has 0 heterocycles. The van der Waals surface area contributed by atoms with Gasteiger partial charge >= 0.3 is 5.97 Å². The number of benzene rings is 1. The zero-order chi connectivity index (χ0) is 13.8. The van der Waals surface area contributed by atoms with Crippen molar-refractivity contribution in [3.05, 3.63) is 29.8 Å². The second-order valence-corrected chi connectivity index (χ2v) is 5.91. The highest BCUT2D eigenvalue weighted by Gasteiger charge is 2.48. The average Bonchev–Trinajstić information content (AvgIpc) is 3.17. The van der Waals surface area contributed by atoms with E-state index in [0.717, 1.165) is 5.75 Å². The molecule has 1 aromatic rings. The van der Waals surface area contributed by atoms with Crippen LogP contribution in [0.1, 0.15) is 12.0 Å². The Morgan fingerprint density at radius 1 is 1.32 bits per heavy atom. The number of amides is 1. The van der Waals surface area contributed by atoms with Crippen LogP contribution in [-0.4, -0.2) is 29.3 Å². The summed E-state index contributed by atoms with van der Waals surface area (Å²) >= 11 is 1.68. The van der Waals surface area contributed by atoms with Crippen LogP contribution in [0.2, 0.25) is 0 Å². The molecule has 1 fully saturated rings. The van der Waals surface area contributed by atoms with E-state index in [1.807, 2.05) is 6.92 Å². The molecule has 5 heteroatoms. The number of thioether (sulfide) groups is 1. The van der Waals surface area contributed by atoms with Gasteiger partial charge in [0.25, 0.3) is 0 Å². The summed E-state index contributed by atoms with van der Waals surface area (Å²) in [5.41, 5.74) is 1.23. The molecule has 0 bridgehead atoms. The van der Waals surface area contributed by atoms with Crippen LogP contribution in [0.15, 0.2) is 29.2 Å². The molecule has 0 radical (unpaired) electrons. The van der Waals surface area contributed by atoms with E-state index in [1.54, 1.807) is 11.8 Å². The minimum atomic E-state index is -0.866. The predicted molar refractivity (Wildman–Crippen MR) is 74.1 cm³/mol. The molecular weight excluding hydrogens is 262 g/mol. The van der Waals surface area contributed by atoms with E-state index in [2.05, 4.69) is 29.6 Å². The summed E-state index contributed by atoms with van der Waals surface area (Å²) in [5, 5.41) is 11.5. The molecule has 2 rings (SSSR count). The van der Waals surface area contributed by atoms with E-state index in [4.69, 9.17) is 5.11 Å². The second-order valence-electron chi connectivity index (χ2n) is 4.74. The molecule has 1 aromatic carbocycles. The fourth-order valence-corrected chi connectivity index (χ4v) is 2.63. The molecule has 1 saturated carbocycles. The van der Waals surface area contributed by atoms with Gasteiger partial charge in [-0.25, -0.2) is 0 Å². The number of carbonyl (C=O) groups is 2. The van der Waals surface area contributed by atoms with E-state index in [1.165, 1.54) is 10.5 Å². The largest absolute Gasteiger partial charge is 0.481 e. The molecule has 0 spiro atoms. The maximum atomic E-state index is 11.6. The van der Waals surface area contributed by atoms with Crippen LogP contribution < -0.4 is 5.32 Å². The van der Waals surface area contributed by atoms with Crippen LogP contribution in [0, 0.1) is 18.8 Å². The number of carboxylic acids is 1. The highest BCUT2D eigenvalue weighted by Crippen LogP contribution is 2.38. The van der Waals surface area contributed by atoms with Crippen molar-refractivity contribution < 1.29 is 14.7 Å². The van der Waals surface area contributed by atoms with Crippen LogP contribution in [-0.2, 0) is 9.59 Å². The summed E-state index contributed by atoms with van der Waals surface area (Å²) in [6, 6.07) is 8.23. The molecule has 1 amide bonds. The first-order valence-electron chi connectivity index (χ1n) is 6.28. The van der Waals surface area contributed by atoms with Gasteiger partial charge in [0.15, 0.2) is 0 Å². The number of hydrogen-bond donors (Lipinski definition) is 2. The third-order valence-electron chi connectivity index (χ3n) is 3.14. The Morgan fingerprint density at radius 2 is 2.00 bits per heavy atom. The fourth-order valence-electron chi connectivity index (χ4n) is 1.87. The predicted octanol–water partition coefficient (Wildman–Crippen LogP) is 1.92. The molecule has 1 aliphatic carbocycles. The summed E-state index contributed by atoms with van der Waals surface area (Å²) in [4.78, 5) is 23.4. The molecule has 2 N–H and O–H groups in total. The maximum Gasteiger partial charge on any atom is 0.307 e. The van der Waals surface area contributed by atoms with Crippen molar-refractivity contribution in [2.45, 2.75) is 18.2 Å². The monoisotopic (exact) mass is 279 g/mol. The van der Waals surface area contributed by atoms with Crippen molar-refractivity contribution in [3.63, 3.8) is 0 Å². The molecule has 0 aliphatic heterocycles. The molecular formula is C14H17NO3S. The average molecular weight is 279 g/mol. The van der Waals surface area contributed by atoms with Gasteiger partial charge in [-0.2, -0.15) is 0 Å². The van der Waals surface area contributed by atoms with E-state index < -0.39 is 11.9 Å². The van der Waals surface area contributed by atoms with Crippen LogP contribution in [0.3, 0.4) is 0 Å². The van der Waals surface area contributed by atoms with Gasteiger partial charge in [0.2, 0.25) is 5.91 Å². The van der Waals surface area contributed by atoms with Crippen molar-refractivity contribution in [1.82, 2.24) is 5.32 Å². The first-order valence-corrected chi connectivity index (χ1v) is 7.26. The first-order chi connectivity index (χ1) is 9.08. The lowest BCUT2D eigenvalue weighted by Crippen LogP contribution is -2.28. The molecule has 102 valence electrons. The van der Waals surface area contributed by atoms with Crippen molar-refractivity contribution in [2.75, 3.05) is 12.3 Å². The lowest BCUT2D eigenvalue weighted by Gasteiger charge is -2.04.